The third kappa shape index (κ3) is 2.51. The smallest absolute Gasteiger partial charge is 0.333 e. The number of nitrogens with zero attached hydrogens (tertiary/aromatic N) is 6. The Hall–Kier alpha value is -2.51. The Kier molecular flexibility index (Phi) is 3.74. The number of imidazole rings is 1. The van der Waals surface area contributed by atoms with Gasteiger partial charge in [-0.2, -0.15) is 4.98 Å². The molecule has 1 aliphatic heterocycles. The van der Waals surface area contributed by atoms with Crippen LogP contribution in [0.5, 0.6) is 0 Å². The molecule has 8 nitrogen and oxygen atoms in total. The van der Waals surface area contributed by atoms with E-state index in [1.165, 1.54) is 12.7 Å². The summed E-state index contributed by atoms with van der Waals surface area (Å²) in [6.45, 7) is 4.66. The maximum atomic E-state index is 11.4. The van der Waals surface area contributed by atoms with Gasteiger partial charge in [-0.15, -0.1) is 0 Å². The largest absolute Gasteiger partial charge is 0.338 e. The second-order valence-corrected chi connectivity index (χ2v) is 5.55. The van der Waals surface area contributed by atoms with E-state index in [4.69, 9.17) is 0 Å². The molecule has 0 bridgehead atoms. The third-order valence-corrected chi connectivity index (χ3v) is 4.02. The quantitative estimate of drug-likeness (QED) is 0.638. The van der Waals surface area contributed by atoms with E-state index in [1.807, 2.05) is 0 Å². The van der Waals surface area contributed by atoms with Crippen molar-refractivity contribution in [2.24, 2.45) is 0 Å². The standard InChI is InChI=1S/C14H18N6O2/c1-10-5-3-4-7-19(10)14-16-11(2)12(20(21)22)13(17-14)18-8-6-15-9-18/h6,8-10H,3-5,7H2,1-2H3. The minimum absolute atomic E-state index is 0.0774. The van der Waals surface area contributed by atoms with E-state index < -0.39 is 4.92 Å². The summed E-state index contributed by atoms with van der Waals surface area (Å²) in [6.07, 6.45) is 8.10. The number of piperidine rings is 1. The SMILES string of the molecule is Cc1nc(N2CCCCC2C)nc(-n2ccnc2)c1[N+](=O)[O-]. The second kappa shape index (κ2) is 5.70. The van der Waals surface area contributed by atoms with Crippen molar-refractivity contribution in [2.75, 3.05) is 11.4 Å². The van der Waals surface area contributed by atoms with E-state index in [-0.39, 0.29) is 11.5 Å². The zero-order valence-corrected chi connectivity index (χ0v) is 12.6. The summed E-state index contributed by atoms with van der Waals surface area (Å²) >= 11 is 0. The van der Waals surface area contributed by atoms with Gasteiger partial charge in [0.15, 0.2) is 0 Å². The zero-order valence-electron chi connectivity index (χ0n) is 12.6. The van der Waals surface area contributed by atoms with Crippen LogP contribution in [0.15, 0.2) is 18.7 Å². The number of hydrogen-bond donors (Lipinski definition) is 0. The first-order valence-electron chi connectivity index (χ1n) is 7.36. The van der Waals surface area contributed by atoms with Gasteiger partial charge in [0.2, 0.25) is 11.8 Å². The average Bonchev–Trinajstić information content (AvgIpc) is 3.00. The van der Waals surface area contributed by atoms with Crippen LogP contribution >= 0.6 is 0 Å². The first-order valence-corrected chi connectivity index (χ1v) is 7.36. The summed E-state index contributed by atoms with van der Waals surface area (Å²) in [5, 5.41) is 11.4. The molecule has 0 N–H and O–H groups in total. The molecule has 1 atom stereocenters. The first-order chi connectivity index (χ1) is 10.6. The van der Waals surface area contributed by atoms with E-state index in [2.05, 4.69) is 26.8 Å². The number of aromatic nitrogens is 4. The average molecular weight is 302 g/mol. The topological polar surface area (TPSA) is 90.0 Å². The lowest BCUT2D eigenvalue weighted by atomic mass is 10.0. The summed E-state index contributed by atoms with van der Waals surface area (Å²) in [5.41, 5.74) is 0.294. The van der Waals surface area contributed by atoms with Crippen molar-refractivity contribution in [3.05, 3.63) is 34.5 Å². The Labute approximate surface area is 128 Å². The molecule has 0 amide bonds. The van der Waals surface area contributed by atoms with E-state index in [0.717, 1.165) is 19.4 Å². The number of anilines is 1. The number of hydrogen-bond acceptors (Lipinski definition) is 6. The molecule has 1 fully saturated rings. The molecule has 0 aromatic carbocycles. The van der Waals surface area contributed by atoms with Crippen molar-refractivity contribution < 1.29 is 4.92 Å². The fourth-order valence-electron chi connectivity index (χ4n) is 2.84. The van der Waals surface area contributed by atoms with Crippen LogP contribution in [0.1, 0.15) is 31.9 Å². The lowest BCUT2D eigenvalue weighted by molar-refractivity contribution is -0.385. The van der Waals surface area contributed by atoms with Crippen LogP contribution in [0, 0.1) is 17.0 Å². The molecule has 3 heterocycles. The molecule has 22 heavy (non-hydrogen) atoms. The predicted molar refractivity (Wildman–Crippen MR) is 81.2 cm³/mol. The lowest BCUT2D eigenvalue weighted by Crippen LogP contribution is -2.39. The summed E-state index contributed by atoms with van der Waals surface area (Å²) in [6, 6.07) is 0.338. The number of nitro groups is 1. The lowest BCUT2D eigenvalue weighted by Gasteiger charge is -2.33. The molecule has 0 radical (unpaired) electrons. The maximum absolute atomic E-state index is 11.4. The van der Waals surface area contributed by atoms with Crippen molar-refractivity contribution in [3.8, 4) is 5.82 Å². The maximum Gasteiger partial charge on any atom is 0.333 e. The monoisotopic (exact) mass is 302 g/mol. The van der Waals surface area contributed by atoms with Crippen molar-refractivity contribution >= 4 is 11.6 Å². The van der Waals surface area contributed by atoms with Gasteiger partial charge in [0.05, 0.1) is 4.92 Å². The summed E-state index contributed by atoms with van der Waals surface area (Å²) < 4.78 is 1.56. The minimum Gasteiger partial charge on any atom is -0.338 e. The Morgan fingerprint density at radius 1 is 1.36 bits per heavy atom. The van der Waals surface area contributed by atoms with Crippen LogP contribution in [0.25, 0.3) is 5.82 Å². The molecule has 0 saturated carbocycles. The molecule has 3 rings (SSSR count). The summed E-state index contributed by atoms with van der Waals surface area (Å²) in [5.74, 6) is 0.821. The van der Waals surface area contributed by atoms with Gasteiger partial charge >= 0.3 is 5.69 Å². The number of aryl methyl sites for hydroxylation is 1. The van der Waals surface area contributed by atoms with Crippen molar-refractivity contribution in [3.63, 3.8) is 0 Å². The van der Waals surface area contributed by atoms with Gasteiger partial charge in [-0.05, 0) is 33.1 Å². The van der Waals surface area contributed by atoms with Gasteiger partial charge in [-0.1, -0.05) is 0 Å². The predicted octanol–water partition coefficient (Wildman–Crippen LogP) is 2.26. The molecule has 8 heteroatoms. The minimum atomic E-state index is -0.436. The van der Waals surface area contributed by atoms with Gasteiger partial charge in [0, 0.05) is 25.0 Å². The van der Waals surface area contributed by atoms with Gasteiger partial charge in [0.25, 0.3) is 0 Å². The molecule has 2 aromatic heterocycles. The summed E-state index contributed by atoms with van der Waals surface area (Å²) in [7, 11) is 0. The van der Waals surface area contributed by atoms with E-state index in [0.29, 0.717) is 17.7 Å². The molecule has 116 valence electrons. The second-order valence-electron chi connectivity index (χ2n) is 5.55. The van der Waals surface area contributed by atoms with Crippen LogP contribution in [-0.2, 0) is 0 Å². The van der Waals surface area contributed by atoms with Crippen LogP contribution in [0.4, 0.5) is 11.6 Å². The van der Waals surface area contributed by atoms with E-state index in [1.54, 1.807) is 23.9 Å². The van der Waals surface area contributed by atoms with Crippen molar-refractivity contribution in [1.82, 2.24) is 19.5 Å². The molecule has 0 spiro atoms. The van der Waals surface area contributed by atoms with Gasteiger partial charge < -0.3 is 4.90 Å². The van der Waals surface area contributed by atoms with Crippen molar-refractivity contribution in [2.45, 2.75) is 39.2 Å². The van der Waals surface area contributed by atoms with E-state index in [9.17, 15) is 10.1 Å². The van der Waals surface area contributed by atoms with Gasteiger partial charge in [-0.25, -0.2) is 9.97 Å². The van der Waals surface area contributed by atoms with Gasteiger partial charge in [0.1, 0.15) is 12.0 Å². The molecule has 1 saturated heterocycles. The highest BCUT2D eigenvalue weighted by Gasteiger charge is 2.27. The van der Waals surface area contributed by atoms with Crippen molar-refractivity contribution in [1.29, 1.82) is 0 Å². The first kappa shape index (κ1) is 14.4. The van der Waals surface area contributed by atoms with Crippen LogP contribution in [0.3, 0.4) is 0 Å². The molecule has 2 aromatic rings. The molecule has 1 unspecified atom stereocenters. The molecule has 0 aliphatic carbocycles. The Bertz CT molecular complexity index is 685. The van der Waals surface area contributed by atoms with E-state index >= 15 is 0 Å². The fourth-order valence-corrected chi connectivity index (χ4v) is 2.84. The normalized spacial score (nSPS) is 18.5. The third-order valence-electron chi connectivity index (χ3n) is 4.02. The summed E-state index contributed by atoms with van der Waals surface area (Å²) in [4.78, 5) is 25.9. The molecular formula is C14H18N6O2. The Morgan fingerprint density at radius 2 is 2.18 bits per heavy atom. The highest BCUT2D eigenvalue weighted by atomic mass is 16.6. The van der Waals surface area contributed by atoms with Crippen LogP contribution < -0.4 is 4.90 Å². The Morgan fingerprint density at radius 3 is 2.82 bits per heavy atom. The zero-order chi connectivity index (χ0) is 15.7. The highest BCUT2D eigenvalue weighted by Crippen LogP contribution is 2.29. The van der Waals surface area contributed by atoms with Crippen LogP contribution in [0.2, 0.25) is 0 Å². The molecule has 1 aliphatic rings. The molecular weight excluding hydrogens is 284 g/mol. The Balaban J connectivity index is 2.12. The number of rotatable bonds is 3. The van der Waals surface area contributed by atoms with Crippen LogP contribution in [-0.4, -0.2) is 37.0 Å². The fraction of sp³-hybridized carbons (Fsp3) is 0.500. The highest BCUT2D eigenvalue weighted by molar-refractivity contribution is 5.54. The van der Waals surface area contributed by atoms with Gasteiger partial charge in [-0.3, -0.25) is 14.7 Å².